The number of hydrogen-bond acceptors (Lipinski definition) is 6. The number of nitro groups is 1. The van der Waals surface area contributed by atoms with Crippen LogP contribution >= 0.6 is 11.8 Å². The van der Waals surface area contributed by atoms with Gasteiger partial charge >= 0.3 is 0 Å². The zero-order valence-electron chi connectivity index (χ0n) is 15.0. The van der Waals surface area contributed by atoms with E-state index in [0.717, 1.165) is 11.8 Å². The average molecular weight is 401 g/mol. The van der Waals surface area contributed by atoms with Gasteiger partial charge in [0.2, 0.25) is 5.91 Å². The number of aromatic nitrogens is 3. The van der Waals surface area contributed by atoms with E-state index in [1.807, 2.05) is 0 Å². The number of anilines is 1. The van der Waals surface area contributed by atoms with Gasteiger partial charge in [0.25, 0.3) is 5.69 Å². The van der Waals surface area contributed by atoms with Crippen molar-refractivity contribution in [2.24, 2.45) is 7.05 Å². The molecule has 1 aromatic heterocycles. The smallest absolute Gasteiger partial charge is 0.292 e. The molecule has 0 saturated carbocycles. The summed E-state index contributed by atoms with van der Waals surface area (Å²) in [7, 11) is 1.68. The summed E-state index contributed by atoms with van der Waals surface area (Å²) in [4.78, 5) is 23.0. The number of para-hydroxylation sites is 2. The normalized spacial score (nSPS) is 11.8. The molecule has 1 N–H and O–H groups in total. The molecular formula is C18H16FN5O3S. The van der Waals surface area contributed by atoms with E-state index in [9.17, 15) is 19.3 Å². The number of nitrogens with zero attached hydrogens (tertiary/aromatic N) is 4. The number of benzene rings is 2. The number of amides is 1. The van der Waals surface area contributed by atoms with Gasteiger partial charge in [-0.3, -0.25) is 14.9 Å². The van der Waals surface area contributed by atoms with Gasteiger partial charge in [0.1, 0.15) is 11.5 Å². The van der Waals surface area contributed by atoms with E-state index < -0.39 is 21.9 Å². The topological polar surface area (TPSA) is 103 Å². The van der Waals surface area contributed by atoms with Crippen molar-refractivity contribution in [3.8, 4) is 11.4 Å². The van der Waals surface area contributed by atoms with Crippen molar-refractivity contribution < 1.29 is 14.1 Å². The maximum atomic E-state index is 14.0. The molecule has 3 aromatic rings. The molecule has 0 aliphatic carbocycles. The predicted molar refractivity (Wildman–Crippen MR) is 103 cm³/mol. The van der Waals surface area contributed by atoms with E-state index in [0.29, 0.717) is 16.5 Å². The summed E-state index contributed by atoms with van der Waals surface area (Å²) in [6.45, 7) is 1.65. The standard InChI is InChI=1S/C18H16FN5O3S/c1-11(17(25)20-14-9-5-6-10-15(14)24(26)27)28-18-22-21-16(23(18)2)12-7-3-4-8-13(12)19/h3-11H,1-2H3,(H,20,25)/t11-/m1/s1. The number of thioether (sulfide) groups is 1. The summed E-state index contributed by atoms with van der Waals surface area (Å²) in [6, 6.07) is 12.1. The first-order valence-corrected chi connectivity index (χ1v) is 9.11. The fourth-order valence-electron chi connectivity index (χ4n) is 2.48. The molecule has 28 heavy (non-hydrogen) atoms. The highest BCUT2D eigenvalue weighted by molar-refractivity contribution is 8.00. The van der Waals surface area contributed by atoms with Crippen molar-refractivity contribution in [1.82, 2.24) is 14.8 Å². The first kappa shape index (κ1) is 19.5. The Morgan fingerprint density at radius 3 is 2.61 bits per heavy atom. The van der Waals surface area contributed by atoms with E-state index in [1.165, 1.54) is 24.3 Å². The molecule has 0 radical (unpaired) electrons. The van der Waals surface area contributed by atoms with Crippen LogP contribution in [0.25, 0.3) is 11.4 Å². The molecule has 0 saturated heterocycles. The quantitative estimate of drug-likeness (QED) is 0.384. The van der Waals surface area contributed by atoms with Crippen LogP contribution in [0.4, 0.5) is 15.8 Å². The van der Waals surface area contributed by atoms with Crippen molar-refractivity contribution >= 4 is 29.0 Å². The lowest BCUT2D eigenvalue weighted by atomic mass is 10.2. The first-order chi connectivity index (χ1) is 13.4. The lowest BCUT2D eigenvalue weighted by molar-refractivity contribution is -0.383. The van der Waals surface area contributed by atoms with Crippen LogP contribution in [0.2, 0.25) is 0 Å². The van der Waals surface area contributed by atoms with Gasteiger partial charge in [-0.15, -0.1) is 10.2 Å². The highest BCUT2D eigenvalue weighted by atomic mass is 32.2. The molecule has 8 nitrogen and oxygen atoms in total. The largest absolute Gasteiger partial charge is 0.319 e. The highest BCUT2D eigenvalue weighted by Gasteiger charge is 2.22. The number of nitro benzene ring substituents is 1. The van der Waals surface area contributed by atoms with E-state index in [2.05, 4.69) is 15.5 Å². The lowest BCUT2D eigenvalue weighted by Gasteiger charge is -2.12. The van der Waals surface area contributed by atoms with Crippen molar-refractivity contribution in [2.75, 3.05) is 5.32 Å². The second-order valence-electron chi connectivity index (χ2n) is 5.87. The van der Waals surface area contributed by atoms with Gasteiger partial charge in [-0.1, -0.05) is 36.0 Å². The highest BCUT2D eigenvalue weighted by Crippen LogP contribution is 2.29. The molecule has 3 rings (SSSR count). The average Bonchev–Trinajstić information content (AvgIpc) is 3.02. The van der Waals surface area contributed by atoms with Crippen LogP contribution in [0.1, 0.15) is 6.92 Å². The molecule has 0 unspecified atom stereocenters. The SMILES string of the molecule is C[C@@H](Sc1nnc(-c2ccccc2F)n1C)C(=O)Nc1ccccc1[N+](=O)[O-]. The predicted octanol–water partition coefficient (Wildman–Crippen LogP) is 3.65. The van der Waals surface area contributed by atoms with Crippen LogP contribution in [0.3, 0.4) is 0 Å². The Morgan fingerprint density at radius 2 is 1.89 bits per heavy atom. The Balaban J connectivity index is 1.75. The molecule has 1 amide bonds. The fraction of sp³-hybridized carbons (Fsp3) is 0.167. The van der Waals surface area contributed by atoms with Gasteiger partial charge in [-0.05, 0) is 25.1 Å². The minimum absolute atomic E-state index is 0.120. The molecule has 1 atom stereocenters. The summed E-state index contributed by atoms with van der Waals surface area (Å²) in [6.07, 6.45) is 0. The molecular weight excluding hydrogens is 385 g/mol. The molecule has 2 aromatic carbocycles. The fourth-order valence-corrected chi connectivity index (χ4v) is 3.29. The van der Waals surface area contributed by atoms with Crippen LogP contribution < -0.4 is 5.32 Å². The van der Waals surface area contributed by atoms with Crippen LogP contribution in [0.5, 0.6) is 0 Å². The second-order valence-corrected chi connectivity index (χ2v) is 7.18. The van der Waals surface area contributed by atoms with Crippen molar-refractivity contribution in [2.45, 2.75) is 17.3 Å². The molecule has 0 spiro atoms. The number of carbonyl (C=O) groups is 1. The Morgan fingerprint density at radius 1 is 1.21 bits per heavy atom. The Kier molecular flexibility index (Phi) is 5.69. The van der Waals surface area contributed by atoms with Crippen LogP contribution in [-0.2, 0) is 11.8 Å². The molecule has 10 heteroatoms. The van der Waals surface area contributed by atoms with Crippen molar-refractivity contribution in [1.29, 1.82) is 0 Å². The van der Waals surface area contributed by atoms with Crippen molar-refractivity contribution in [3.05, 3.63) is 64.5 Å². The molecule has 1 heterocycles. The summed E-state index contributed by atoms with van der Waals surface area (Å²) in [5, 5.41) is 21.5. The van der Waals surface area contributed by atoms with Crippen LogP contribution in [0.15, 0.2) is 53.7 Å². The summed E-state index contributed by atoms with van der Waals surface area (Å²) in [5.74, 6) is -0.502. The van der Waals surface area contributed by atoms with Gasteiger partial charge < -0.3 is 9.88 Å². The zero-order chi connectivity index (χ0) is 20.3. The van der Waals surface area contributed by atoms with Gasteiger partial charge in [-0.2, -0.15) is 0 Å². The Bertz CT molecular complexity index is 1040. The van der Waals surface area contributed by atoms with Crippen LogP contribution in [-0.4, -0.2) is 30.8 Å². The summed E-state index contributed by atoms with van der Waals surface area (Å²) >= 11 is 1.12. The lowest BCUT2D eigenvalue weighted by Crippen LogP contribution is -2.23. The number of hydrogen-bond donors (Lipinski definition) is 1. The number of carbonyl (C=O) groups excluding carboxylic acids is 1. The molecule has 0 bridgehead atoms. The van der Waals surface area contributed by atoms with Gasteiger partial charge in [0.05, 0.1) is 15.7 Å². The number of nitrogens with one attached hydrogen (secondary N) is 1. The minimum atomic E-state index is -0.615. The molecule has 0 aliphatic rings. The Labute approximate surface area is 163 Å². The maximum Gasteiger partial charge on any atom is 0.292 e. The molecule has 144 valence electrons. The Hall–Kier alpha value is -3.27. The van der Waals surface area contributed by atoms with E-state index in [4.69, 9.17) is 0 Å². The third-order valence-corrected chi connectivity index (χ3v) is 5.09. The van der Waals surface area contributed by atoms with Gasteiger partial charge in [-0.25, -0.2) is 4.39 Å². The van der Waals surface area contributed by atoms with E-state index in [-0.39, 0.29) is 11.4 Å². The molecule has 0 aliphatic heterocycles. The molecule has 0 fully saturated rings. The second kappa shape index (κ2) is 8.17. The number of rotatable bonds is 6. The zero-order valence-corrected chi connectivity index (χ0v) is 15.8. The summed E-state index contributed by atoms with van der Waals surface area (Å²) in [5.41, 5.74) is 0.241. The third-order valence-electron chi connectivity index (χ3n) is 3.96. The van der Waals surface area contributed by atoms with E-state index in [1.54, 1.807) is 42.8 Å². The monoisotopic (exact) mass is 401 g/mol. The summed E-state index contributed by atoms with van der Waals surface area (Å²) < 4.78 is 15.6. The minimum Gasteiger partial charge on any atom is -0.319 e. The van der Waals surface area contributed by atoms with Gasteiger partial charge in [0, 0.05) is 13.1 Å². The van der Waals surface area contributed by atoms with Crippen LogP contribution in [0, 0.1) is 15.9 Å². The third kappa shape index (κ3) is 4.01. The van der Waals surface area contributed by atoms with E-state index >= 15 is 0 Å². The maximum absolute atomic E-state index is 14.0. The first-order valence-electron chi connectivity index (χ1n) is 8.23. The van der Waals surface area contributed by atoms with Gasteiger partial charge in [0.15, 0.2) is 11.0 Å². The number of halogens is 1. The van der Waals surface area contributed by atoms with Crippen molar-refractivity contribution in [3.63, 3.8) is 0 Å².